The van der Waals surface area contributed by atoms with Crippen molar-refractivity contribution < 1.29 is 9.18 Å². The minimum absolute atomic E-state index is 0.292. The molecular weight excluding hydrogens is 295 g/mol. The number of anilines is 2. The molecule has 6 heteroatoms. The molecule has 2 rings (SSSR count). The largest absolute Gasteiger partial charge is 0.360 e. The fourth-order valence-corrected chi connectivity index (χ4v) is 2.10. The van der Waals surface area contributed by atoms with Gasteiger partial charge in [-0.3, -0.25) is 4.79 Å². The van der Waals surface area contributed by atoms with E-state index in [1.165, 1.54) is 24.3 Å². The highest BCUT2D eigenvalue weighted by Crippen LogP contribution is 2.14. The molecule has 1 heterocycles. The summed E-state index contributed by atoms with van der Waals surface area (Å²) in [7, 11) is 1.94. The van der Waals surface area contributed by atoms with E-state index in [1.807, 2.05) is 11.9 Å². The first-order valence-electron chi connectivity index (χ1n) is 7.63. The second kappa shape index (κ2) is 7.67. The predicted molar refractivity (Wildman–Crippen MR) is 89.3 cm³/mol. The quantitative estimate of drug-likeness (QED) is 0.887. The van der Waals surface area contributed by atoms with E-state index in [0.717, 1.165) is 25.2 Å². The van der Waals surface area contributed by atoms with Crippen molar-refractivity contribution in [2.45, 2.75) is 26.7 Å². The Morgan fingerprint density at radius 3 is 2.61 bits per heavy atom. The van der Waals surface area contributed by atoms with E-state index >= 15 is 0 Å². The van der Waals surface area contributed by atoms with Crippen molar-refractivity contribution in [2.24, 2.45) is 0 Å². The van der Waals surface area contributed by atoms with E-state index in [0.29, 0.717) is 17.2 Å². The first-order valence-corrected chi connectivity index (χ1v) is 7.63. The van der Waals surface area contributed by atoms with E-state index in [9.17, 15) is 9.18 Å². The SMILES string of the molecule is CCCCN(C)c1cc(C(=O)Nc2ccc(F)cc2)nc(C)n1. The molecule has 0 bridgehead atoms. The molecule has 5 nitrogen and oxygen atoms in total. The maximum Gasteiger partial charge on any atom is 0.274 e. The number of aromatic nitrogens is 2. The van der Waals surface area contributed by atoms with Crippen LogP contribution >= 0.6 is 0 Å². The van der Waals surface area contributed by atoms with Crippen LogP contribution in [-0.4, -0.2) is 29.5 Å². The lowest BCUT2D eigenvalue weighted by molar-refractivity contribution is 0.102. The van der Waals surface area contributed by atoms with Crippen LogP contribution in [0.5, 0.6) is 0 Å². The molecule has 0 fully saturated rings. The Bertz CT molecular complexity index is 673. The number of aryl methyl sites for hydroxylation is 1. The Balaban J connectivity index is 2.16. The topological polar surface area (TPSA) is 58.1 Å². The molecule has 1 N–H and O–H groups in total. The van der Waals surface area contributed by atoms with Crippen molar-refractivity contribution in [2.75, 3.05) is 23.8 Å². The van der Waals surface area contributed by atoms with Gasteiger partial charge in [-0.05, 0) is 37.6 Å². The van der Waals surface area contributed by atoms with Gasteiger partial charge in [0, 0.05) is 25.3 Å². The number of nitrogens with one attached hydrogen (secondary N) is 1. The Hall–Kier alpha value is -2.50. The van der Waals surface area contributed by atoms with Gasteiger partial charge in [-0.15, -0.1) is 0 Å². The molecule has 0 unspecified atom stereocenters. The van der Waals surface area contributed by atoms with Crippen LogP contribution in [-0.2, 0) is 0 Å². The van der Waals surface area contributed by atoms with E-state index in [-0.39, 0.29) is 11.7 Å². The van der Waals surface area contributed by atoms with Crippen LogP contribution in [0.25, 0.3) is 0 Å². The molecule has 0 atom stereocenters. The lowest BCUT2D eigenvalue weighted by atomic mass is 10.2. The highest BCUT2D eigenvalue weighted by atomic mass is 19.1. The zero-order valence-corrected chi connectivity index (χ0v) is 13.6. The van der Waals surface area contributed by atoms with Gasteiger partial charge in [0.25, 0.3) is 5.91 Å². The molecule has 0 saturated carbocycles. The summed E-state index contributed by atoms with van der Waals surface area (Å²) in [5.74, 6) is 0.568. The van der Waals surface area contributed by atoms with Crippen molar-refractivity contribution in [3.05, 3.63) is 47.7 Å². The fraction of sp³-hybridized carbons (Fsp3) is 0.353. The van der Waals surface area contributed by atoms with Crippen molar-refractivity contribution >= 4 is 17.4 Å². The summed E-state index contributed by atoms with van der Waals surface area (Å²) < 4.78 is 12.9. The van der Waals surface area contributed by atoms with Crippen molar-refractivity contribution in [1.29, 1.82) is 0 Å². The van der Waals surface area contributed by atoms with Crippen LogP contribution in [0.1, 0.15) is 36.1 Å². The summed E-state index contributed by atoms with van der Waals surface area (Å²) >= 11 is 0. The standard InChI is InChI=1S/C17H21FN4O/c1-4-5-10-22(3)16-11-15(19-12(2)20-16)17(23)21-14-8-6-13(18)7-9-14/h6-9,11H,4-5,10H2,1-3H3,(H,21,23). The van der Waals surface area contributed by atoms with Gasteiger partial charge in [-0.1, -0.05) is 13.3 Å². The molecule has 23 heavy (non-hydrogen) atoms. The van der Waals surface area contributed by atoms with Gasteiger partial charge in [-0.2, -0.15) is 0 Å². The number of carbonyl (C=O) groups is 1. The van der Waals surface area contributed by atoms with Crippen molar-refractivity contribution in [3.63, 3.8) is 0 Å². The lowest BCUT2D eigenvalue weighted by Crippen LogP contribution is -2.22. The van der Waals surface area contributed by atoms with E-state index in [4.69, 9.17) is 0 Å². The molecule has 0 aliphatic carbocycles. The van der Waals surface area contributed by atoms with Crippen molar-refractivity contribution in [3.8, 4) is 0 Å². The van der Waals surface area contributed by atoms with Crippen LogP contribution in [0.4, 0.5) is 15.9 Å². The van der Waals surface area contributed by atoms with E-state index < -0.39 is 0 Å². The van der Waals surface area contributed by atoms with Gasteiger partial charge in [0.1, 0.15) is 23.2 Å². The predicted octanol–water partition coefficient (Wildman–Crippen LogP) is 3.41. The summed E-state index contributed by atoms with van der Waals surface area (Å²) in [6.45, 7) is 4.75. The summed E-state index contributed by atoms with van der Waals surface area (Å²) in [5, 5.41) is 2.71. The summed E-state index contributed by atoms with van der Waals surface area (Å²) in [6.07, 6.45) is 2.14. The highest BCUT2D eigenvalue weighted by Gasteiger charge is 2.13. The smallest absolute Gasteiger partial charge is 0.274 e. The third kappa shape index (κ3) is 4.74. The number of hydrogen-bond acceptors (Lipinski definition) is 4. The number of amides is 1. The van der Waals surface area contributed by atoms with Crippen LogP contribution < -0.4 is 10.2 Å². The van der Waals surface area contributed by atoms with Gasteiger partial charge in [-0.25, -0.2) is 14.4 Å². The Kier molecular flexibility index (Phi) is 5.62. The van der Waals surface area contributed by atoms with Crippen LogP contribution in [0.2, 0.25) is 0 Å². The monoisotopic (exact) mass is 316 g/mol. The number of rotatable bonds is 6. The minimum atomic E-state index is -0.347. The van der Waals surface area contributed by atoms with Gasteiger partial charge >= 0.3 is 0 Å². The molecule has 0 aliphatic heterocycles. The molecule has 1 aromatic carbocycles. The van der Waals surface area contributed by atoms with Crippen LogP contribution in [0.15, 0.2) is 30.3 Å². The van der Waals surface area contributed by atoms with Gasteiger partial charge in [0.15, 0.2) is 0 Å². The molecule has 0 spiro atoms. The Labute approximate surface area is 135 Å². The lowest BCUT2D eigenvalue weighted by Gasteiger charge is -2.18. The average Bonchev–Trinajstić information content (AvgIpc) is 2.54. The minimum Gasteiger partial charge on any atom is -0.360 e. The zero-order valence-electron chi connectivity index (χ0n) is 13.6. The van der Waals surface area contributed by atoms with Crippen molar-refractivity contribution in [1.82, 2.24) is 9.97 Å². The molecule has 0 aliphatic rings. The normalized spacial score (nSPS) is 10.4. The molecule has 0 radical (unpaired) electrons. The van der Waals surface area contributed by atoms with Gasteiger partial charge in [0.05, 0.1) is 0 Å². The van der Waals surface area contributed by atoms with E-state index in [1.54, 1.807) is 13.0 Å². The summed E-state index contributed by atoms with van der Waals surface area (Å²) in [4.78, 5) is 22.9. The molecule has 0 saturated heterocycles. The second-order valence-corrected chi connectivity index (χ2v) is 5.39. The number of halogens is 1. The Morgan fingerprint density at radius 1 is 1.26 bits per heavy atom. The molecular formula is C17H21FN4O. The maximum absolute atomic E-state index is 12.9. The second-order valence-electron chi connectivity index (χ2n) is 5.39. The molecule has 1 aromatic heterocycles. The van der Waals surface area contributed by atoms with Crippen LogP contribution in [0, 0.1) is 12.7 Å². The summed E-state index contributed by atoms with van der Waals surface area (Å²) in [6, 6.07) is 7.28. The number of carbonyl (C=O) groups excluding carboxylic acids is 1. The zero-order chi connectivity index (χ0) is 16.8. The first kappa shape index (κ1) is 16.9. The summed E-state index contributed by atoms with van der Waals surface area (Å²) in [5.41, 5.74) is 0.814. The molecule has 122 valence electrons. The van der Waals surface area contributed by atoms with Gasteiger partial charge in [0.2, 0.25) is 0 Å². The number of unbranched alkanes of at least 4 members (excludes halogenated alkanes) is 1. The fourth-order valence-electron chi connectivity index (χ4n) is 2.10. The number of hydrogen-bond donors (Lipinski definition) is 1. The van der Waals surface area contributed by atoms with E-state index in [2.05, 4.69) is 22.2 Å². The third-order valence-electron chi connectivity index (χ3n) is 3.40. The van der Waals surface area contributed by atoms with Crippen LogP contribution in [0.3, 0.4) is 0 Å². The first-order chi connectivity index (χ1) is 11.0. The van der Waals surface area contributed by atoms with Gasteiger partial charge < -0.3 is 10.2 Å². The Morgan fingerprint density at radius 2 is 1.96 bits per heavy atom. The maximum atomic E-state index is 12.9. The highest BCUT2D eigenvalue weighted by molar-refractivity contribution is 6.03. The third-order valence-corrected chi connectivity index (χ3v) is 3.40. The molecule has 1 amide bonds. The molecule has 2 aromatic rings. The average molecular weight is 316 g/mol. The number of benzene rings is 1. The number of nitrogens with zero attached hydrogens (tertiary/aromatic N) is 3.